The van der Waals surface area contributed by atoms with Crippen molar-refractivity contribution in [1.82, 2.24) is 5.32 Å². The minimum Gasteiger partial charge on any atom is -0.494 e. The molecule has 35 heavy (non-hydrogen) atoms. The molecule has 0 bridgehead atoms. The van der Waals surface area contributed by atoms with Gasteiger partial charge in [-0.05, 0) is 75.1 Å². The van der Waals surface area contributed by atoms with Crippen molar-refractivity contribution in [3.8, 4) is 5.75 Å². The predicted molar refractivity (Wildman–Crippen MR) is 135 cm³/mol. The third kappa shape index (κ3) is 4.77. The second-order valence-corrected chi connectivity index (χ2v) is 9.74. The molecule has 2 aromatic rings. The largest absolute Gasteiger partial charge is 0.494 e. The van der Waals surface area contributed by atoms with Gasteiger partial charge >= 0.3 is 5.97 Å². The Morgan fingerprint density at radius 1 is 0.971 bits per heavy atom. The summed E-state index contributed by atoms with van der Waals surface area (Å²) in [6.45, 7) is 4.46. The lowest BCUT2D eigenvalue weighted by molar-refractivity contribution is -0.144. The van der Waals surface area contributed by atoms with E-state index in [1.165, 1.54) is 5.56 Å². The minimum atomic E-state index is -0.444. The number of ether oxygens (including phenoxy) is 2. The van der Waals surface area contributed by atoms with Crippen molar-refractivity contribution in [2.45, 2.75) is 70.3 Å². The number of carbonyl (C=O) groups excluding carboxylic acids is 2. The molecule has 0 radical (unpaired) electrons. The number of nitrogens with one attached hydrogen (secondary N) is 1. The van der Waals surface area contributed by atoms with Crippen LogP contribution in [0.15, 0.2) is 77.1 Å². The molecule has 1 heterocycles. The number of benzene rings is 2. The van der Waals surface area contributed by atoms with Crippen molar-refractivity contribution in [3.63, 3.8) is 0 Å². The zero-order valence-electron chi connectivity index (χ0n) is 20.5. The smallest absolute Gasteiger partial charge is 0.337 e. The summed E-state index contributed by atoms with van der Waals surface area (Å²) in [5, 5.41) is 3.45. The number of ketones is 1. The third-order valence-corrected chi connectivity index (χ3v) is 7.42. The highest BCUT2D eigenvalue weighted by Gasteiger charge is 2.42. The van der Waals surface area contributed by atoms with Crippen LogP contribution in [0.2, 0.25) is 0 Å². The number of esters is 1. The Labute approximate surface area is 207 Å². The average molecular weight is 472 g/mol. The van der Waals surface area contributed by atoms with Crippen molar-refractivity contribution >= 4 is 11.8 Å². The van der Waals surface area contributed by atoms with Gasteiger partial charge in [-0.2, -0.15) is 0 Å². The van der Waals surface area contributed by atoms with Gasteiger partial charge in [0.15, 0.2) is 5.78 Å². The highest BCUT2D eigenvalue weighted by Crippen LogP contribution is 2.46. The van der Waals surface area contributed by atoms with Gasteiger partial charge in [-0.3, -0.25) is 4.79 Å². The van der Waals surface area contributed by atoms with Crippen LogP contribution in [0.5, 0.6) is 5.75 Å². The highest BCUT2D eigenvalue weighted by molar-refractivity contribution is 6.04. The van der Waals surface area contributed by atoms with Crippen LogP contribution in [0.3, 0.4) is 0 Å². The van der Waals surface area contributed by atoms with E-state index in [9.17, 15) is 9.59 Å². The van der Waals surface area contributed by atoms with Gasteiger partial charge in [0.05, 0.1) is 12.2 Å². The molecule has 182 valence electrons. The number of carbonyl (C=O) groups is 2. The summed E-state index contributed by atoms with van der Waals surface area (Å²) >= 11 is 0. The lowest BCUT2D eigenvalue weighted by Gasteiger charge is -2.37. The van der Waals surface area contributed by atoms with Crippen molar-refractivity contribution < 1.29 is 19.1 Å². The predicted octanol–water partition coefficient (Wildman–Crippen LogP) is 5.93. The van der Waals surface area contributed by atoms with Crippen LogP contribution in [0, 0.1) is 0 Å². The van der Waals surface area contributed by atoms with Crippen LogP contribution in [0.1, 0.15) is 75.3 Å². The molecule has 0 unspecified atom stereocenters. The summed E-state index contributed by atoms with van der Waals surface area (Å²) in [4.78, 5) is 27.2. The minimum absolute atomic E-state index is 0.0383. The first-order valence-electron chi connectivity index (χ1n) is 12.8. The number of allylic oxidation sites excluding steroid dienone is 3. The van der Waals surface area contributed by atoms with E-state index in [0.717, 1.165) is 54.8 Å². The molecule has 0 saturated heterocycles. The molecule has 5 heteroatoms. The molecule has 1 N–H and O–H groups in total. The zero-order valence-corrected chi connectivity index (χ0v) is 20.5. The van der Waals surface area contributed by atoms with E-state index in [0.29, 0.717) is 24.2 Å². The van der Waals surface area contributed by atoms with E-state index >= 15 is 0 Å². The van der Waals surface area contributed by atoms with Gasteiger partial charge in [-0.15, -0.1) is 0 Å². The van der Waals surface area contributed by atoms with Crippen molar-refractivity contribution in [2.24, 2.45) is 0 Å². The van der Waals surface area contributed by atoms with Crippen LogP contribution in [0.25, 0.3) is 0 Å². The van der Waals surface area contributed by atoms with E-state index < -0.39 is 5.92 Å². The summed E-state index contributed by atoms with van der Waals surface area (Å²) in [6, 6.07) is 18.0. The Balaban J connectivity index is 1.53. The van der Waals surface area contributed by atoms with Crippen molar-refractivity contribution in [3.05, 3.63) is 88.3 Å². The molecule has 5 nitrogen and oxygen atoms in total. The normalized spacial score (nSPS) is 22.6. The topological polar surface area (TPSA) is 64.6 Å². The average Bonchev–Trinajstić information content (AvgIpc) is 3.37. The lowest BCUT2D eigenvalue weighted by atomic mass is 9.71. The standard InChI is InChI=1S/C30H33NO4/c1-3-34-23-15-13-21(14-16-23)28-27(30(33)35-24-11-7-8-12-24)19(2)31-25-17-22(18-26(32)29(25)28)20-9-5-4-6-10-20/h4-6,9-10,13-16,22,24,28,31H,3,7-8,11-12,17-18H2,1-2H3/t22-,28-/m1/s1. The van der Waals surface area contributed by atoms with Gasteiger partial charge in [0.1, 0.15) is 11.9 Å². The SMILES string of the molecule is CCOc1ccc([C@@H]2C(C(=O)OC3CCCC3)=C(C)NC3=C2C(=O)C[C@H](c2ccccc2)C3)cc1. The quantitative estimate of drug-likeness (QED) is 0.529. The second kappa shape index (κ2) is 10.1. The summed E-state index contributed by atoms with van der Waals surface area (Å²) < 4.78 is 11.6. The molecule has 1 aliphatic heterocycles. The number of Topliss-reactive ketones (excluding diaryl/α,β-unsaturated/α-hetero) is 1. The first-order valence-corrected chi connectivity index (χ1v) is 12.8. The third-order valence-electron chi connectivity index (χ3n) is 7.42. The molecule has 0 spiro atoms. The van der Waals surface area contributed by atoms with E-state index in [2.05, 4.69) is 17.4 Å². The Bertz CT molecular complexity index is 1160. The van der Waals surface area contributed by atoms with Crippen LogP contribution in [-0.2, 0) is 14.3 Å². The molecule has 1 fully saturated rings. The van der Waals surface area contributed by atoms with Crippen LogP contribution < -0.4 is 10.1 Å². The number of dihydropyridines is 1. The van der Waals surface area contributed by atoms with E-state index in [1.54, 1.807) is 0 Å². The second-order valence-electron chi connectivity index (χ2n) is 9.74. The molecular formula is C30H33NO4. The number of rotatable bonds is 6. The fourth-order valence-corrected chi connectivity index (χ4v) is 5.75. The van der Waals surface area contributed by atoms with Crippen LogP contribution in [-0.4, -0.2) is 24.5 Å². The van der Waals surface area contributed by atoms with Crippen molar-refractivity contribution in [1.29, 1.82) is 0 Å². The van der Waals surface area contributed by atoms with Gasteiger partial charge in [-0.25, -0.2) is 4.79 Å². The number of hydrogen-bond donors (Lipinski definition) is 1. The van der Waals surface area contributed by atoms with Crippen LogP contribution in [0.4, 0.5) is 0 Å². The fourth-order valence-electron chi connectivity index (χ4n) is 5.75. The molecule has 2 atom stereocenters. The van der Waals surface area contributed by atoms with Crippen LogP contribution >= 0.6 is 0 Å². The van der Waals surface area contributed by atoms with Gasteiger partial charge in [-0.1, -0.05) is 42.5 Å². The summed E-state index contributed by atoms with van der Waals surface area (Å²) in [6.07, 6.45) is 5.12. The first kappa shape index (κ1) is 23.4. The van der Waals surface area contributed by atoms with E-state index in [-0.39, 0.29) is 23.8 Å². The molecular weight excluding hydrogens is 438 g/mol. The van der Waals surface area contributed by atoms with Gasteiger partial charge in [0.25, 0.3) is 0 Å². The highest BCUT2D eigenvalue weighted by atomic mass is 16.5. The van der Waals surface area contributed by atoms with Gasteiger partial charge in [0, 0.05) is 29.3 Å². The Morgan fingerprint density at radius 3 is 2.37 bits per heavy atom. The monoisotopic (exact) mass is 471 g/mol. The Hall–Kier alpha value is -3.34. The maximum absolute atomic E-state index is 13.7. The Kier molecular flexibility index (Phi) is 6.76. The molecule has 2 aromatic carbocycles. The van der Waals surface area contributed by atoms with E-state index in [4.69, 9.17) is 9.47 Å². The molecule has 1 saturated carbocycles. The summed E-state index contributed by atoms with van der Waals surface area (Å²) in [5.74, 6) is 0.223. The molecule has 0 amide bonds. The van der Waals surface area contributed by atoms with E-state index in [1.807, 2.05) is 56.3 Å². The molecule has 0 aromatic heterocycles. The number of hydrogen-bond acceptors (Lipinski definition) is 5. The first-order chi connectivity index (χ1) is 17.0. The van der Waals surface area contributed by atoms with Gasteiger partial charge in [0.2, 0.25) is 0 Å². The summed E-state index contributed by atoms with van der Waals surface area (Å²) in [5.41, 5.74) is 5.01. The maximum Gasteiger partial charge on any atom is 0.337 e. The Morgan fingerprint density at radius 2 is 1.69 bits per heavy atom. The fraction of sp³-hybridized carbons (Fsp3) is 0.400. The summed E-state index contributed by atoms with van der Waals surface area (Å²) in [7, 11) is 0. The lowest BCUT2D eigenvalue weighted by Crippen LogP contribution is -2.36. The molecule has 5 rings (SSSR count). The maximum atomic E-state index is 13.7. The molecule has 2 aliphatic carbocycles. The van der Waals surface area contributed by atoms with Crippen molar-refractivity contribution in [2.75, 3.05) is 6.61 Å². The molecule has 3 aliphatic rings. The zero-order chi connectivity index (χ0) is 24.4. The van der Waals surface area contributed by atoms with Gasteiger partial charge < -0.3 is 14.8 Å².